The Morgan fingerprint density at radius 2 is 2.00 bits per heavy atom. The molecule has 0 radical (unpaired) electrons. The highest BCUT2D eigenvalue weighted by molar-refractivity contribution is 5.66. The summed E-state index contributed by atoms with van der Waals surface area (Å²) in [6, 6.07) is 0. The fourth-order valence-corrected chi connectivity index (χ4v) is 0.788. The molecule has 0 atom stereocenters. The lowest BCUT2D eigenvalue weighted by atomic mass is 10.4. The monoisotopic (exact) mass is 189 g/mol. The fourth-order valence-electron chi connectivity index (χ4n) is 0.788. The summed E-state index contributed by atoms with van der Waals surface area (Å²) in [6.45, 7) is 7.17. The van der Waals surface area contributed by atoms with Crippen molar-refractivity contribution in [1.29, 1.82) is 0 Å². The first-order valence-electron chi connectivity index (χ1n) is 4.83. The maximum absolute atomic E-state index is 11.1. The number of carbonyl (C=O) groups is 1. The Labute approximate surface area is 79.8 Å². The van der Waals surface area contributed by atoms with Crippen LogP contribution in [0.2, 0.25) is 0 Å². The van der Waals surface area contributed by atoms with Crippen LogP contribution < -0.4 is 0 Å². The van der Waals surface area contributed by atoms with Gasteiger partial charge in [0.2, 0.25) is 0 Å². The van der Waals surface area contributed by atoms with Crippen molar-refractivity contribution < 1.29 is 14.4 Å². The first-order chi connectivity index (χ1) is 6.26. The number of hydrogen-bond donors (Lipinski definition) is 0. The maximum atomic E-state index is 11.1. The predicted octanol–water partition coefficient (Wildman–Crippen LogP) is 2.20. The molecule has 0 bridgehead atoms. The summed E-state index contributed by atoms with van der Waals surface area (Å²) in [5.41, 5.74) is 0. The normalized spacial score (nSPS) is 9.77. The van der Waals surface area contributed by atoms with E-state index in [1.54, 1.807) is 6.92 Å². The van der Waals surface area contributed by atoms with Gasteiger partial charge in [0.25, 0.3) is 0 Å². The topological polar surface area (TPSA) is 38.8 Å². The number of ether oxygens (including phenoxy) is 1. The zero-order valence-corrected chi connectivity index (χ0v) is 8.71. The Balaban J connectivity index is 3.67. The molecule has 0 aromatic carbocycles. The number of unbranched alkanes of at least 4 members (excludes halogenated alkanes) is 1. The molecule has 78 valence electrons. The first-order valence-corrected chi connectivity index (χ1v) is 4.83. The quantitative estimate of drug-likeness (QED) is 0.475. The first kappa shape index (κ1) is 12.2. The average Bonchev–Trinajstić information content (AvgIpc) is 2.13. The van der Waals surface area contributed by atoms with Crippen LogP contribution >= 0.6 is 0 Å². The molecule has 0 N–H and O–H groups in total. The van der Waals surface area contributed by atoms with E-state index in [0.717, 1.165) is 12.8 Å². The lowest BCUT2D eigenvalue weighted by molar-refractivity contribution is -0.133. The van der Waals surface area contributed by atoms with Crippen molar-refractivity contribution in [2.45, 2.75) is 33.6 Å². The van der Waals surface area contributed by atoms with Crippen molar-refractivity contribution in [3.8, 4) is 0 Å². The molecule has 0 aliphatic rings. The summed E-state index contributed by atoms with van der Waals surface area (Å²) in [5.74, 6) is 0. The molecule has 0 saturated heterocycles. The van der Waals surface area contributed by atoms with E-state index in [-0.39, 0.29) is 0 Å². The molecule has 0 aliphatic heterocycles. The van der Waals surface area contributed by atoms with E-state index in [1.807, 2.05) is 6.92 Å². The van der Waals surface area contributed by atoms with Gasteiger partial charge in [-0.25, -0.2) is 4.79 Å². The minimum Gasteiger partial charge on any atom is -0.448 e. The highest BCUT2D eigenvalue weighted by Crippen LogP contribution is 1.97. The third-order valence-corrected chi connectivity index (χ3v) is 1.50. The van der Waals surface area contributed by atoms with Gasteiger partial charge in [-0.15, -0.1) is 0 Å². The van der Waals surface area contributed by atoms with Crippen LogP contribution in [0, 0.1) is 0 Å². The van der Waals surface area contributed by atoms with Gasteiger partial charge in [0.05, 0.1) is 13.2 Å². The SMILES string of the molecule is CCCCON(CC)C(=O)OCC. The van der Waals surface area contributed by atoms with Crippen molar-refractivity contribution >= 4 is 6.09 Å². The Morgan fingerprint density at radius 1 is 1.31 bits per heavy atom. The molecule has 0 rings (SSSR count). The zero-order valence-electron chi connectivity index (χ0n) is 8.71. The number of hydroxylamine groups is 2. The van der Waals surface area contributed by atoms with Crippen LogP contribution in [-0.2, 0) is 9.57 Å². The molecular weight excluding hydrogens is 170 g/mol. The smallest absolute Gasteiger partial charge is 0.433 e. The van der Waals surface area contributed by atoms with Gasteiger partial charge in [-0.3, -0.25) is 4.84 Å². The highest BCUT2D eigenvalue weighted by atomic mass is 16.7. The van der Waals surface area contributed by atoms with Gasteiger partial charge in [-0.2, -0.15) is 5.06 Å². The zero-order chi connectivity index (χ0) is 10.1. The van der Waals surface area contributed by atoms with E-state index in [4.69, 9.17) is 9.57 Å². The highest BCUT2D eigenvalue weighted by Gasteiger charge is 2.12. The van der Waals surface area contributed by atoms with Gasteiger partial charge in [0.1, 0.15) is 0 Å². The van der Waals surface area contributed by atoms with E-state index >= 15 is 0 Å². The van der Waals surface area contributed by atoms with Crippen LogP contribution in [0.3, 0.4) is 0 Å². The summed E-state index contributed by atoms with van der Waals surface area (Å²) >= 11 is 0. The number of amides is 1. The third kappa shape index (κ3) is 5.47. The average molecular weight is 189 g/mol. The molecule has 1 amide bonds. The molecule has 0 heterocycles. The lowest BCUT2D eigenvalue weighted by Gasteiger charge is -2.18. The summed E-state index contributed by atoms with van der Waals surface area (Å²) < 4.78 is 4.79. The van der Waals surface area contributed by atoms with E-state index in [2.05, 4.69) is 6.92 Å². The molecule has 0 aromatic rings. The van der Waals surface area contributed by atoms with E-state index in [0.29, 0.717) is 19.8 Å². The van der Waals surface area contributed by atoms with Gasteiger partial charge < -0.3 is 4.74 Å². The van der Waals surface area contributed by atoms with E-state index in [9.17, 15) is 4.79 Å². The largest absolute Gasteiger partial charge is 0.448 e. The standard InChI is InChI=1S/C9H19NO3/c1-4-7-8-13-10(5-2)9(11)12-6-3/h4-8H2,1-3H3. The van der Waals surface area contributed by atoms with Gasteiger partial charge in [-0.1, -0.05) is 13.3 Å². The van der Waals surface area contributed by atoms with Crippen LogP contribution in [-0.4, -0.2) is 30.9 Å². The molecule has 4 heteroatoms. The number of carbonyl (C=O) groups excluding carboxylic acids is 1. The Bertz CT molecular complexity index is 139. The molecule has 0 aromatic heterocycles. The second-order valence-electron chi connectivity index (χ2n) is 2.58. The van der Waals surface area contributed by atoms with Gasteiger partial charge in [-0.05, 0) is 20.3 Å². The third-order valence-electron chi connectivity index (χ3n) is 1.50. The van der Waals surface area contributed by atoms with Crippen molar-refractivity contribution in [2.75, 3.05) is 19.8 Å². The number of nitrogens with zero attached hydrogens (tertiary/aromatic N) is 1. The molecule has 0 spiro atoms. The van der Waals surface area contributed by atoms with Crippen LogP contribution in [0.1, 0.15) is 33.6 Å². The molecule has 4 nitrogen and oxygen atoms in total. The second-order valence-corrected chi connectivity index (χ2v) is 2.58. The number of rotatable bonds is 6. The molecule has 0 unspecified atom stereocenters. The molecule has 0 saturated carbocycles. The van der Waals surface area contributed by atoms with E-state index < -0.39 is 6.09 Å². The summed E-state index contributed by atoms with van der Waals surface area (Å²) in [6.07, 6.45) is 1.61. The Morgan fingerprint density at radius 3 is 2.46 bits per heavy atom. The minimum atomic E-state index is -0.402. The minimum absolute atomic E-state index is 0.381. The summed E-state index contributed by atoms with van der Waals surface area (Å²) in [7, 11) is 0. The summed E-state index contributed by atoms with van der Waals surface area (Å²) in [4.78, 5) is 16.4. The lowest BCUT2D eigenvalue weighted by Crippen LogP contribution is -2.31. The second kappa shape index (κ2) is 7.86. The van der Waals surface area contributed by atoms with Crippen molar-refractivity contribution in [3.05, 3.63) is 0 Å². The van der Waals surface area contributed by atoms with Gasteiger partial charge in [0.15, 0.2) is 0 Å². The van der Waals surface area contributed by atoms with Gasteiger partial charge >= 0.3 is 6.09 Å². The van der Waals surface area contributed by atoms with Crippen molar-refractivity contribution in [3.63, 3.8) is 0 Å². The van der Waals surface area contributed by atoms with Crippen molar-refractivity contribution in [1.82, 2.24) is 5.06 Å². The molecule has 0 aliphatic carbocycles. The Hall–Kier alpha value is -0.770. The van der Waals surface area contributed by atoms with Crippen LogP contribution in [0.5, 0.6) is 0 Å². The predicted molar refractivity (Wildman–Crippen MR) is 50.3 cm³/mol. The van der Waals surface area contributed by atoms with Crippen LogP contribution in [0.4, 0.5) is 4.79 Å². The fraction of sp³-hybridized carbons (Fsp3) is 0.889. The maximum Gasteiger partial charge on any atom is 0.433 e. The van der Waals surface area contributed by atoms with Crippen LogP contribution in [0.15, 0.2) is 0 Å². The van der Waals surface area contributed by atoms with E-state index in [1.165, 1.54) is 5.06 Å². The van der Waals surface area contributed by atoms with Crippen molar-refractivity contribution in [2.24, 2.45) is 0 Å². The number of hydrogen-bond acceptors (Lipinski definition) is 3. The molecule has 0 fully saturated rings. The molecule has 13 heavy (non-hydrogen) atoms. The summed E-state index contributed by atoms with van der Waals surface area (Å²) in [5, 5.41) is 1.25. The molecular formula is C9H19NO3. The van der Waals surface area contributed by atoms with Gasteiger partial charge in [0, 0.05) is 6.54 Å². The Kier molecular flexibility index (Phi) is 7.39. The van der Waals surface area contributed by atoms with Crippen LogP contribution in [0.25, 0.3) is 0 Å².